The van der Waals surface area contributed by atoms with Gasteiger partial charge in [0.25, 0.3) is 5.91 Å². The predicted molar refractivity (Wildman–Crippen MR) is 111 cm³/mol. The number of anilines is 2. The Bertz CT molecular complexity index is 783. The Balaban J connectivity index is 1.67. The predicted octanol–water partition coefficient (Wildman–Crippen LogP) is 3.79. The van der Waals surface area contributed by atoms with Crippen LogP contribution >= 0.6 is 0 Å². The summed E-state index contributed by atoms with van der Waals surface area (Å²) in [6.07, 6.45) is 0.940. The fourth-order valence-corrected chi connectivity index (χ4v) is 3.19. The van der Waals surface area contributed by atoms with Gasteiger partial charge in [-0.25, -0.2) is 0 Å². The van der Waals surface area contributed by atoms with Crippen molar-refractivity contribution in [1.29, 1.82) is 0 Å². The van der Waals surface area contributed by atoms with Crippen molar-refractivity contribution in [3.05, 3.63) is 53.6 Å². The number of carbonyl (C=O) groups is 1. The molecule has 0 radical (unpaired) electrons. The Kier molecular flexibility index (Phi) is 6.35. The molecule has 27 heavy (non-hydrogen) atoms. The summed E-state index contributed by atoms with van der Waals surface area (Å²) in [4.78, 5) is 17.4. The lowest BCUT2D eigenvalue weighted by Gasteiger charge is -2.34. The highest BCUT2D eigenvalue weighted by atomic mass is 16.5. The maximum absolute atomic E-state index is 12.6. The fourth-order valence-electron chi connectivity index (χ4n) is 3.19. The summed E-state index contributed by atoms with van der Waals surface area (Å²) in [5, 5.41) is 3.03. The van der Waals surface area contributed by atoms with E-state index in [0.29, 0.717) is 12.2 Å². The Hall–Kier alpha value is -2.53. The molecule has 0 atom stereocenters. The van der Waals surface area contributed by atoms with Crippen LogP contribution in [0.5, 0.6) is 5.75 Å². The van der Waals surface area contributed by atoms with Crippen molar-refractivity contribution >= 4 is 17.3 Å². The molecule has 1 aliphatic heterocycles. The van der Waals surface area contributed by atoms with Gasteiger partial charge in [0.05, 0.1) is 6.61 Å². The number of ether oxygens (including phenoxy) is 1. The van der Waals surface area contributed by atoms with Gasteiger partial charge >= 0.3 is 0 Å². The Morgan fingerprint density at radius 1 is 1.11 bits per heavy atom. The maximum Gasteiger partial charge on any atom is 0.255 e. The molecule has 1 N–H and O–H groups in total. The van der Waals surface area contributed by atoms with Crippen LogP contribution in [0.3, 0.4) is 0 Å². The third-order valence-electron chi connectivity index (χ3n) is 4.90. The first kappa shape index (κ1) is 19.2. The number of carbonyl (C=O) groups excluding carboxylic acids is 1. The smallest absolute Gasteiger partial charge is 0.255 e. The molecule has 1 heterocycles. The summed E-state index contributed by atoms with van der Waals surface area (Å²) in [5.74, 6) is 0.610. The zero-order valence-electron chi connectivity index (χ0n) is 16.5. The zero-order chi connectivity index (χ0) is 19.2. The molecule has 1 saturated heterocycles. The van der Waals surface area contributed by atoms with Crippen LogP contribution < -0.4 is 15.0 Å². The van der Waals surface area contributed by atoms with Crippen molar-refractivity contribution in [3.63, 3.8) is 0 Å². The molecule has 0 bridgehead atoms. The molecule has 1 aliphatic rings. The first-order valence-electron chi connectivity index (χ1n) is 9.65. The van der Waals surface area contributed by atoms with E-state index in [0.717, 1.165) is 49.6 Å². The zero-order valence-corrected chi connectivity index (χ0v) is 16.5. The van der Waals surface area contributed by atoms with Crippen LogP contribution in [0.1, 0.15) is 29.3 Å². The van der Waals surface area contributed by atoms with Crippen LogP contribution in [0, 0.1) is 6.92 Å². The van der Waals surface area contributed by atoms with E-state index in [2.05, 4.69) is 41.2 Å². The van der Waals surface area contributed by atoms with Crippen LogP contribution in [0.15, 0.2) is 42.5 Å². The van der Waals surface area contributed by atoms with E-state index in [1.54, 1.807) is 6.07 Å². The second-order valence-electron chi connectivity index (χ2n) is 7.12. The second kappa shape index (κ2) is 8.91. The number of nitrogens with zero attached hydrogens (tertiary/aromatic N) is 2. The van der Waals surface area contributed by atoms with Gasteiger partial charge in [0.2, 0.25) is 0 Å². The molecule has 0 aromatic heterocycles. The fraction of sp³-hybridized carbons (Fsp3) is 0.409. The minimum absolute atomic E-state index is 0.118. The topological polar surface area (TPSA) is 44.8 Å². The number of benzene rings is 2. The van der Waals surface area contributed by atoms with E-state index in [9.17, 15) is 4.79 Å². The maximum atomic E-state index is 12.6. The summed E-state index contributed by atoms with van der Waals surface area (Å²) in [6.45, 7) is 8.97. The van der Waals surface area contributed by atoms with Crippen LogP contribution in [-0.2, 0) is 0 Å². The van der Waals surface area contributed by atoms with Crippen LogP contribution in [0.2, 0.25) is 0 Å². The summed E-state index contributed by atoms with van der Waals surface area (Å²) >= 11 is 0. The number of amides is 1. The van der Waals surface area contributed by atoms with Gasteiger partial charge in [-0.3, -0.25) is 4.79 Å². The minimum Gasteiger partial charge on any atom is -0.494 e. The molecule has 5 heteroatoms. The number of hydrogen-bond acceptors (Lipinski definition) is 4. The van der Waals surface area contributed by atoms with Crippen molar-refractivity contribution in [3.8, 4) is 5.75 Å². The number of likely N-dealkylation sites (N-methyl/N-ethyl adjacent to an activating group) is 1. The van der Waals surface area contributed by atoms with Gasteiger partial charge in [-0.1, -0.05) is 13.0 Å². The van der Waals surface area contributed by atoms with E-state index in [1.807, 2.05) is 31.2 Å². The van der Waals surface area contributed by atoms with Crippen molar-refractivity contribution in [2.45, 2.75) is 20.3 Å². The summed E-state index contributed by atoms with van der Waals surface area (Å²) in [6, 6.07) is 13.6. The first-order valence-corrected chi connectivity index (χ1v) is 9.65. The number of hydrogen-bond donors (Lipinski definition) is 1. The van der Waals surface area contributed by atoms with Gasteiger partial charge in [-0.05, 0) is 62.4 Å². The van der Waals surface area contributed by atoms with Crippen molar-refractivity contribution in [2.75, 3.05) is 50.1 Å². The molecule has 1 fully saturated rings. The number of rotatable bonds is 6. The van der Waals surface area contributed by atoms with Gasteiger partial charge in [0.1, 0.15) is 5.75 Å². The summed E-state index contributed by atoms with van der Waals surface area (Å²) in [7, 11) is 2.16. The number of aryl methyl sites for hydroxylation is 1. The minimum atomic E-state index is -0.118. The molecule has 0 spiro atoms. The van der Waals surface area contributed by atoms with Gasteiger partial charge in [-0.2, -0.15) is 0 Å². The molecule has 5 nitrogen and oxygen atoms in total. The standard InChI is InChI=1S/C22H29N3O2/c1-4-14-27-20-7-5-6-18(16-20)22(26)23-21-9-8-19(15-17(21)2)25-12-10-24(3)11-13-25/h5-9,15-16H,4,10-14H2,1-3H3,(H,23,26). The highest BCUT2D eigenvalue weighted by Gasteiger charge is 2.15. The van der Waals surface area contributed by atoms with Crippen LogP contribution in [0.4, 0.5) is 11.4 Å². The highest BCUT2D eigenvalue weighted by molar-refractivity contribution is 6.05. The molecule has 0 unspecified atom stereocenters. The monoisotopic (exact) mass is 367 g/mol. The van der Waals surface area contributed by atoms with Crippen molar-refractivity contribution in [1.82, 2.24) is 4.90 Å². The van der Waals surface area contributed by atoms with E-state index >= 15 is 0 Å². The van der Waals surface area contributed by atoms with Gasteiger partial charge in [0.15, 0.2) is 0 Å². The Morgan fingerprint density at radius 2 is 1.89 bits per heavy atom. The van der Waals surface area contributed by atoms with Gasteiger partial charge in [0, 0.05) is 43.1 Å². The largest absolute Gasteiger partial charge is 0.494 e. The average molecular weight is 367 g/mol. The van der Waals surface area contributed by atoms with Gasteiger partial charge in [-0.15, -0.1) is 0 Å². The van der Waals surface area contributed by atoms with Gasteiger partial charge < -0.3 is 19.9 Å². The SMILES string of the molecule is CCCOc1cccc(C(=O)Nc2ccc(N3CCN(C)CC3)cc2C)c1. The lowest BCUT2D eigenvalue weighted by atomic mass is 10.1. The molecule has 0 aliphatic carbocycles. The third-order valence-corrected chi connectivity index (χ3v) is 4.90. The van der Waals surface area contributed by atoms with E-state index in [1.165, 1.54) is 5.69 Å². The van der Waals surface area contributed by atoms with Crippen LogP contribution in [-0.4, -0.2) is 50.6 Å². The van der Waals surface area contributed by atoms with E-state index in [-0.39, 0.29) is 5.91 Å². The first-order chi connectivity index (χ1) is 13.1. The van der Waals surface area contributed by atoms with Crippen LogP contribution in [0.25, 0.3) is 0 Å². The Labute approximate surface area is 161 Å². The van der Waals surface area contributed by atoms with E-state index in [4.69, 9.17) is 4.74 Å². The summed E-state index contributed by atoms with van der Waals surface area (Å²) < 4.78 is 5.62. The molecule has 144 valence electrons. The molecule has 2 aromatic rings. The molecular formula is C22H29N3O2. The molecule has 0 saturated carbocycles. The van der Waals surface area contributed by atoms with Crippen molar-refractivity contribution < 1.29 is 9.53 Å². The Morgan fingerprint density at radius 3 is 2.59 bits per heavy atom. The van der Waals surface area contributed by atoms with Crippen molar-refractivity contribution in [2.24, 2.45) is 0 Å². The normalized spacial score (nSPS) is 14.9. The molecule has 2 aromatic carbocycles. The third kappa shape index (κ3) is 5.01. The van der Waals surface area contributed by atoms with E-state index < -0.39 is 0 Å². The second-order valence-corrected chi connectivity index (χ2v) is 7.12. The quantitative estimate of drug-likeness (QED) is 0.844. The average Bonchev–Trinajstić information content (AvgIpc) is 2.68. The lowest BCUT2D eigenvalue weighted by molar-refractivity contribution is 0.102. The lowest BCUT2D eigenvalue weighted by Crippen LogP contribution is -2.44. The number of nitrogens with one attached hydrogen (secondary N) is 1. The number of piperazine rings is 1. The molecule has 3 rings (SSSR count). The molecule has 1 amide bonds. The highest BCUT2D eigenvalue weighted by Crippen LogP contribution is 2.24. The molecular weight excluding hydrogens is 338 g/mol. The summed E-state index contributed by atoms with van der Waals surface area (Å²) in [5.41, 5.74) is 3.73.